The molecule has 54 valence electrons. The fraction of sp³-hybridized carbons (Fsp3) is 0.750. The third-order valence-electron chi connectivity index (χ3n) is 1.31. The molecule has 0 bridgehead atoms. The van der Waals surface area contributed by atoms with E-state index in [9.17, 15) is 0 Å². The zero-order chi connectivity index (χ0) is 6.95. The average molecular weight is 191 g/mol. The average Bonchev–Trinajstić information content (AvgIpc) is 1.89. The lowest BCUT2D eigenvalue weighted by Crippen LogP contribution is -1.75. The minimum Gasteiger partial charge on any atom is -0.0879 e. The van der Waals surface area contributed by atoms with E-state index in [1.165, 1.54) is 32.1 Å². The highest BCUT2D eigenvalue weighted by molar-refractivity contribution is 9.10. The Morgan fingerprint density at radius 3 is 2.33 bits per heavy atom. The number of halogens is 1. The molecule has 0 saturated heterocycles. The Morgan fingerprint density at radius 1 is 1.11 bits per heavy atom. The van der Waals surface area contributed by atoms with Crippen molar-refractivity contribution in [1.82, 2.24) is 0 Å². The minimum absolute atomic E-state index is 1.10. The molecule has 0 atom stereocenters. The van der Waals surface area contributed by atoms with Crippen molar-refractivity contribution in [2.45, 2.75) is 38.5 Å². The van der Waals surface area contributed by atoms with Gasteiger partial charge in [0.1, 0.15) is 0 Å². The molecule has 2 radical (unpaired) electrons. The van der Waals surface area contributed by atoms with Crippen molar-refractivity contribution < 1.29 is 0 Å². The van der Waals surface area contributed by atoms with E-state index < -0.39 is 0 Å². The number of rotatable bonds is 6. The van der Waals surface area contributed by atoms with Gasteiger partial charge in [0.15, 0.2) is 0 Å². The van der Waals surface area contributed by atoms with E-state index in [0.717, 1.165) is 6.42 Å². The van der Waals surface area contributed by atoms with Crippen LogP contribution >= 0.6 is 15.9 Å². The Bertz CT molecular complexity index is 37.8. The lowest BCUT2D eigenvalue weighted by atomic mass is 10.1. The maximum atomic E-state index is 3.79. The summed E-state index contributed by atoms with van der Waals surface area (Å²) in [5, 5.41) is 2.05. The highest BCUT2D eigenvalue weighted by Crippen LogP contribution is 2.07. The van der Waals surface area contributed by atoms with E-state index in [-0.39, 0.29) is 0 Å². The van der Waals surface area contributed by atoms with Crippen molar-refractivity contribution >= 4 is 15.9 Å². The highest BCUT2D eigenvalue weighted by Gasteiger charge is 1.86. The standard InChI is InChI=1S/C8H15Br/c1-2-3-4-5-6-7-8-9/h8H,1-7H2. The quantitative estimate of drug-likeness (QED) is 0.561. The number of hydrogen-bond acceptors (Lipinski definition) is 0. The van der Waals surface area contributed by atoms with Crippen LogP contribution < -0.4 is 0 Å². The van der Waals surface area contributed by atoms with Crippen LogP contribution in [0, 0.1) is 12.3 Å². The first-order valence-electron chi connectivity index (χ1n) is 3.63. The largest absolute Gasteiger partial charge is 0.0879 e. The van der Waals surface area contributed by atoms with Gasteiger partial charge in [0.25, 0.3) is 0 Å². The second-order valence-electron chi connectivity index (χ2n) is 2.21. The molecule has 0 N–H and O–H groups in total. The third kappa shape index (κ3) is 8.48. The van der Waals surface area contributed by atoms with Crippen molar-refractivity contribution in [3.05, 3.63) is 12.3 Å². The van der Waals surface area contributed by atoms with E-state index >= 15 is 0 Å². The van der Waals surface area contributed by atoms with Gasteiger partial charge in [-0.05, 0) is 6.42 Å². The predicted octanol–water partition coefficient (Wildman–Crippen LogP) is 3.72. The molecule has 0 aliphatic rings. The molecule has 0 spiro atoms. The number of hydrogen-bond donors (Lipinski definition) is 0. The summed E-state index contributed by atoms with van der Waals surface area (Å²) in [4.78, 5) is 0. The smallest absolute Gasteiger partial charge is 0.0271 e. The monoisotopic (exact) mass is 190 g/mol. The van der Waals surface area contributed by atoms with Crippen LogP contribution in [-0.2, 0) is 0 Å². The van der Waals surface area contributed by atoms with Gasteiger partial charge in [-0.15, -0.1) is 0 Å². The van der Waals surface area contributed by atoms with E-state index in [1.54, 1.807) is 0 Å². The summed E-state index contributed by atoms with van der Waals surface area (Å²) in [5.74, 6) is 0. The van der Waals surface area contributed by atoms with Gasteiger partial charge in [0.05, 0.1) is 0 Å². The molecule has 0 unspecified atom stereocenters. The Morgan fingerprint density at radius 2 is 1.78 bits per heavy atom. The van der Waals surface area contributed by atoms with Gasteiger partial charge >= 0.3 is 0 Å². The maximum absolute atomic E-state index is 3.79. The van der Waals surface area contributed by atoms with Gasteiger partial charge < -0.3 is 0 Å². The van der Waals surface area contributed by atoms with E-state index in [4.69, 9.17) is 0 Å². The fourth-order valence-corrected chi connectivity index (χ4v) is 1.08. The van der Waals surface area contributed by atoms with E-state index in [1.807, 2.05) is 0 Å². The van der Waals surface area contributed by atoms with Crippen LogP contribution in [0.2, 0.25) is 0 Å². The molecule has 0 aliphatic heterocycles. The third-order valence-corrected chi connectivity index (χ3v) is 1.77. The molecule has 0 aromatic carbocycles. The van der Waals surface area contributed by atoms with Crippen LogP contribution in [-0.4, -0.2) is 0 Å². The predicted molar refractivity (Wildman–Crippen MR) is 46.3 cm³/mol. The topological polar surface area (TPSA) is 0 Å². The first kappa shape index (κ1) is 9.48. The molecule has 0 fully saturated rings. The fourth-order valence-electron chi connectivity index (χ4n) is 0.752. The van der Waals surface area contributed by atoms with Gasteiger partial charge in [0.2, 0.25) is 0 Å². The van der Waals surface area contributed by atoms with Crippen LogP contribution in [0.25, 0.3) is 0 Å². The van der Waals surface area contributed by atoms with Crippen molar-refractivity contribution in [2.75, 3.05) is 0 Å². The maximum Gasteiger partial charge on any atom is 0.0271 e. The molecule has 1 heteroatoms. The van der Waals surface area contributed by atoms with Crippen LogP contribution in [0.1, 0.15) is 38.5 Å². The van der Waals surface area contributed by atoms with E-state index in [2.05, 4.69) is 28.2 Å². The summed E-state index contributed by atoms with van der Waals surface area (Å²) in [6.45, 7) is 3.79. The van der Waals surface area contributed by atoms with Crippen molar-refractivity contribution in [1.29, 1.82) is 0 Å². The first-order valence-corrected chi connectivity index (χ1v) is 4.54. The Hall–Kier alpha value is 0.480. The molecule has 0 rings (SSSR count). The van der Waals surface area contributed by atoms with Crippen LogP contribution in [0.3, 0.4) is 0 Å². The molecule has 9 heavy (non-hydrogen) atoms. The minimum atomic E-state index is 1.10. The van der Waals surface area contributed by atoms with Crippen LogP contribution in [0.4, 0.5) is 0 Å². The van der Waals surface area contributed by atoms with Crippen molar-refractivity contribution in [3.8, 4) is 0 Å². The highest BCUT2D eigenvalue weighted by atomic mass is 79.9. The molecule has 0 saturated carbocycles. The molecule has 0 aromatic rings. The molecular formula is C8H15Br. The van der Waals surface area contributed by atoms with Gasteiger partial charge in [-0.1, -0.05) is 55.0 Å². The summed E-state index contributed by atoms with van der Waals surface area (Å²) in [5.41, 5.74) is 0. The summed E-state index contributed by atoms with van der Waals surface area (Å²) < 4.78 is 0. The zero-order valence-corrected chi connectivity index (χ0v) is 7.49. The molecule has 0 nitrogen and oxygen atoms in total. The number of unbranched alkanes of at least 4 members (excludes halogenated alkanes) is 5. The summed E-state index contributed by atoms with van der Waals surface area (Å²) in [7, 11) is 0. The first-order chi connectivity index (χ1) is 4.41. The normalized spacial score (nSPS) is 10.0. The van der Waals surface area contributed by atoms with Crippen LogP contribution in [0.15, 0.2) is 0 Å². The lowest BCUT2D eigenvalue weighted by molar-refractivity contribution is 0.649. The van der Waals surface area contributed by atoms with Gasteiger partial charge in [-0.25, -0.2) is 0 Å². The molecule has 0 aromatic heterocycles. The molecule has 0 heterocycles. The van der Waals surface area contributed by atoms with Crippen molar-refractivity contribution in [3.63, 3.8) is 0 Å². The van der Waals surface area contributed by atoms with E-state index in [0.29, 0.717) is 0 Å². The van der Waals surface area contributed by atoms with Gasteiger partial charge in [0, 0.05) is 5.33 Å². The van der Waals surface area contributed by atoms with Gasteiger partial charge in [-0.2, -0.15) is 0 Å². The SMILES string of the molecule is [CH2]CCCCCC[CH]Br. The Kier molecular flexibility index (Phi) is 8.93. The lowest BCUT2D eigenvalue weighted by Gasteiger charge is -1.95. The molecule has 0 amide bonds. The Labute approximate surface area is 67.2 Å². The summed E-state index contributed by atoms with van der Waals surface area (Å²) in [6, 6.07) is 0. The summed E-state index contributed by atoms with van der Waals surface area (Å²) in [6.07, 6.45) is 7.63. The zero-order valence-electron chi connectivity index (χ0n) is 5.91. The Balaban J connectivity index is 2.60. The van der Waals surface area contributed by atoms with Crippen molar-refractivity contribution in [2.24, 2.45) is 0 Å². The second-order valence-corrected chi connectivity index (χ2v) is 2.86. The van der Waals surface area contributed by atoms with Gasteiger partial charge in [-0.3, -0.25) is 0 Å². The molecular weight excluding hydrogens is 176 g/mol. The summed E-state index contributed by atoms with van der Waals surface area (Å²) >= 11 is 3.28. The van der Waals surface area contributed by atoms with Crippen LogP contribution in [0.5, 0.6) is 0 Å². The molecule has 0 aliphatic carbocycles. The second kappa shape index (κ2) is 8.48.